The van der Waals surface area contributed by atoms with Gasteiger partial charge in [0.25, 0.3) is 0 Å². The first kappa shape index (κ1) is 37.3. The Balaban J connectivity index is 0.000000517. The van der Waals surface area contributed by atoms with Crippen LogP contribution in [0.2, 0.25) is 0 Å². The van der Waals surface area contributed by atoms with Crippen molar-refractivity contribution >= 4 is 37.2 Å². The maximum atomic E-state index is 9.87. The van der Waals surface area contributed by atoms with Crippen molar-refractivity contribution in [2.45, 2.75) is 34.6 Å². The summed E-state index contributed by atoms with van der Waals surface area (Å²) in [5, 5.41) is 5.30. The van der Waals surface area contributed by atoms with E-state index in [4.69, 9.17) is 0 Å². The number of hydrogen-bond acceptors (Lipinski definition) is 0. The second-order valence-corrected chi connectivity index (χ2v) is 12.4. The van der Waals surface area contributed by atoms with Crippen molar-refractivity contribution in [1.82, 2.24) is 0 Å². The van der Waals surface area contributed by atoms with E-state index in [9.17, 15) is 50.4 Å². The quantitative estimate of drug-likeness (QED) is 0.121. The molecule has 0 spiro atoms. The molecule has 0 amide bonds. The van der Waals surface area contributed by atoms with E-state index in [1.807, 2.05) is 0 Å². The van der Waals surface area contributed by atoms with Crippen LogP contribution in [0.1, 0.15) is 34.6 Å². The van der Waals surface area contributed by atoms with Crippen LogP contribution < -0.4 is 0 Å². The van der Waals surface area contributed by atoms with Crippen molar-refractivity contribution in [2.24, 2.45) is 0 Å². The van der Waals surface area contributed by atoms with Gasteiger partial charge in [0.1, 0.15) is 0 Å². The van der Waals surface area contributed by atoms with Crippen LogP contribution in [0.3, 0.4) is 0 Å². The smallest absolute Gasteiger partial charge is 0 e. The first-order valence-electron chi connectivity index (χ1n) is 10.6. The first-order chi connectivity index (χ1) is 16.4. The van der Waals surface area contributed by atoms with Gasteiger partial charge in [0.2, 0.25) is 0 Å². The maximum Gasteiger partial charge on any atom is 0 e. The molecule has 0 nitrogen and oxygen atoms in total. The minimum absolute atomic E-state index is 0. The Labute approximate surface area is 231 Å². The molecule has 0 N–H and O–H groups in total. The van der Waals surface area contributed by atoms with Crippen LogP contribution >= 0.6 is 15.6 Å². The number of rotatable bonds is 0. The molecule has 3 aromatic carbocycles. The number of fused-ring (bicyclic) bond motifs is 3. The minimum atomic E-state index is -10.7. The molecule has 0 unspecified atom stereocenters. The molecule has 0 aromatic heterocycles. The van der Waals surface area contributed by atoms with Crippen LogP contribution in [0.5, 0.6) is 0 Å². The molecule has 4 rings (SSSR count). The normalized spacial score (nSPS) is 17.7. The molecule has 0 fully saturated rings. The molecule has 0 saturated carbocycles. The molecule has 39 heavy (non-hydrogen) atoms. The molecule has 226 valence electrons. The number of allylic oxidation sites excluding steroid dienone is 4. The SMILES string of the molecule is C[C]1C(C)=C(C)C(C)=C1C.F[P-](F)(F)(F)(F)F.F[P-](F)(F)(F)(F)F.[Ir].c1ccc2c(c1)ccc1ccccc12. The van der Waals surface area contributed by atoms with Crippen molar-refractivity contribution in [3.05, 3.63) is 88.9 Å². The molecular weight excluding hydrogens is 770 g/mol. The first-order valence-corrected chi connectivity index (χ1v) is 14.7. The van der Waals surface area contributed by atoms with Gasteiger partial charge >= 0.3 is 66.0 Å². The van der Waals surface area contributed by atoms with Gasteiger partial charge in [0.15, 0.2) is 0 Å². The van der Waals surface area contributed by atoms with Gasteiger partial charge in [-0.3, -0.25) is 0 Å². The molecule has 0 heterocycles. The van der Waals surface area contributed by atoms with Crippen molar-refractivity contribution < 1.29 is 70.5 Å². The van der Waals surface area contributed by atoms with Crippen molar-refractivity contribution in [2.75, 3.05) is 0 Å². The summed E-state index contributed by atoms with van der Waals surface area (Å²) in [4.78, 5) is 0. The molecule has 1 aliphatic rings. The molecule has 0 saturated heterocycles. The average Bonchev–Trinajstić information content (AvgIpc) is 2.87. The number of hydrogen-bond donors (Lipinski definition) is 0. The summed E-state index contributed by atoms with van der Waals surface area (Å²) < 4.78 is 118. The summed E-state index contributed by atoms with van der Waals surface area (Å²) in [6, 6.07) is 21.4. The van der Waals surface area contributed by atoms with Crippen LogP contribution in [0.4, 0.5) is 50.4 Å². The fourth-order valence-corrected chi connectivity index (χ4v) is 3.36. The predicted octanol–water partition coefficient (Wildman–Crippen LogP) is 14.0. The zero-order chi connectivity index (χ0) is 30.1. The average molecular weight is 796 g/mol. The fraction of sp³-hybridized carbons (Fsp3) is 0.208. The third kappa shape index (κ3) is 17.6. The summed E-state index contributed by atoms with van der Waals surface area (Å²) >= 11 is 0. The Morgan fingerprint density at radius 1 is 0.385 bits per heavy atom. The van der Waals surface area contributed by atoms with Crippen LogP contribution in [0.15, 0.2) is 83.0 Å². The van der Waals surface area contributed by atoms with E-state index in [0.29, 0.717) is 0 Å². The monoisotopic (exact) mass is 796 g/mol. The van der Waals surface area contributed by atoms with Crippen molar-refractivity contribution in [3.8, 4) is 0 Å². The van der Waals surface area contributed by atoms with E-state index in [1.54, 1.807) is 0 Å². The summed E-state index contributed by atoms with van der Waals surface area (Å²) in [5.74, 6) is 1.47. The molecule has 1 aliphatic carbocycles. The Morgan fingerprint density at radius 2 is 0.615 bits per heavy atom. The zero-order valence-electron chi connectivity index (χ0n) is 21.0. The van der Waals surface area contributed by atoms with Crippen LogP contribution in [-0.4, -0.2) is 0 Å². The van der Waals surface area contributed by atoms with Crippen LogP contribution in [0, 0.1) is 5.92 Å². The van der Waals surface area contributed by atoms with Gasteiger partial charge in [-0.05, 0) is 60.4 Å². The molecule has 3 aromatic rings. The van der Waals surface area contributed by atoms with E-state index in [0.717, 1.165) is 0 Å². The Morgan fingerprint density at radius 3 is 0.821 bits per heavy atom. The molecule has 0 bridgehead atoms. The minimum Gasteiger partial charge on any atom is -0.0616 e. The Bertz CT molecular complexity index is 1260. The molecule has 2 radical (unpaired) electrons. The summed E-state index contributed by atoms with van der Waals surface area (Å²) in [7, 11) is -21.3. The van der Waals surface area contributed by atoms with Gasteiger partial charge in [-0.15, -0.1) is 0 Å². The predicted molar refractivity (Wildman–Crippen MR) is 134 cm³/mol. The fourth-order valence-electron chi connectivity index (χ4n) is 3.36. The van der Waals surface area contributed by atoms with Crippen LogP contribution in [-0.2, 0) is 20.1 Å². The van der Waals surface area contributed by atoms with Gasteiger partial charge in [0.05, 0.1) is 0 Å². The molecular formula is C24H25F12IrP2-2. The summed E-state index contributed by atoms with van der Waals surface area (Å²) in [6.45, 7) is 11.0. The van der Waals surface area contributed by atoms with Gasteiger partial charge < -0.3 is 0 Å². The van der Waals surface area contributed by atoms with Gasteiger partial charge in [-0.25, -0.2) is 0 Å². The number of benzene rings is 3. The second-order valence-electron chi connectivity index (χ2n) is 8.55. The van der Waals surface area contributed by atoms with Crippen molar-refractivity contribution in [3.63, 3.8) is 0 Å². The van der Waals surface area contributed by atoms with E-state index >= 15 is 0 Å². The Hall–Kier alpha value is -1.67. The summed E-state index contributed by atoms with van der Waals surface area (Å²) in [5.41, 5.74) is 5.87. The summed E-state index contributed by atoms with van der Waals surface area (Å²) in [6.07, 6.45) is 0. The van der Waals surface area contributed by atoms with Crippen molar-refractivity contribution in [1.29, 1.82) is 0 Å². The van der Waals surface area contributed by atoms with E-state index in [2.05, 4.69) is 95.3 Å². The topological polar surface area (TPSA) is 0 Å². The Kier molecular flexibility index (Phi) is 10.2. The third-order valence-corrected chi connectivity index (χ3v) is 5.47. The molecule has 15 heteroatoms. The second kappa shape index (κ2) is 10.6. The van der Waals surface area contributed by atoms with E-state index in [-0.39, 0.29) is 20.1 Å². The zero-order valence-corrected chi connectivity index (χ0v) is 25.2. The van der Waals surface area contributed by atoms with E-state index < -0.39 is 15.6 Å². The largest absolute Gasteiger partial charge is 0.0616 e. The van der Waals surface area contributed by atoms with Gasteiger partial charge in [-0.2, -0.15) is 0 Å². The third-order valence-electron chi connectivity index (χ3n) is 5.47. The maximum absolute atomic E-state index is 10.7. The van der Waals surface area contributed by atoms with Gasteiger partial charge in [0, 0.05) is 26.0 Å². The number of halogens is 12. The van der Waals surface area contributed by atoms with Crippen LogP contribution in [0.25, 0.3) is 21.5 Å². The van der Waals surface area contributed by atoms with Gasteiger partial charge in [-0.1, -0.05) is 78.7 Å². The molecule has 0 aliphatic heterocycles. The standard InChI is InChI=1S/C14H10.C10H15.2F6P.Ir/c1-3-7-13-11(5-1)9-10-12-6-2-4-8-14(12)13;1-6-7(2)9(4)10(5)8(6)3;2*1-7(2,3,4,5)6;/h1-10H;1-5H3;;;/q;;2*-1;. The molecule has 0 atom stereocenters. The van der Waals surface area contributed by atoms with E-state index in [1.165, 1.54) is 49.8 Å².